The molecule has 1 aliphatic rings. The first-order chi connectivity index (χ1) is 11.8. The van der Waals surface area contributed by atoms with Crippen LogP contribution in [0.3, 0.4) is 0 Å². The van der Waals surface area contributed by atoms with Crippen LogP contribution >= 0.6 is 0 Å². The summed E-state index contributed by atoms with van der Waals surface area (Å²) < 4.78 is 5.42. The number of aliphatic hydroxyl groups is 1. The number of carbonyl (C=O) groups is 3. The maximum atomic E-state index is 12.7. The average molecular weight is 366 g/mol. The van der Waals surface area contributed by atoms with Crippen molar-refractivity contribution >= 4 is 17.5 Å². The van der Waals surface area contributed by atoms with Gasteiger partial charge in [-0.2, -0.15) is 0 Å². The van der Waals surface area contributed by atoms with Gasteiger partial charge in [-0.05, 0) is 44.6 Å². The van der Waals surface area contributed by atoms with Crippen molar-refractivity contribution in [3.05, 3.63) is 12.2 Å². The van der Waals surface area contributed by atoms with E-state index in [4.69, 9.17) is 4.74 Å². The van der Waals surface area contributed by atoms with Crippen molar-refractivity contribution in [2.24, 2.45) is 23.2 Å². The Labute approximate surface area is 157 Å². The van der Waals surface area contributed by atoms with Crippen LogP contribution in [-0.2, 0) is 19.1 Å². The van der Waals surface area contributed by atoms with Gasteiger partial charge in [0, 0.05) is 11.8 Å². The standard InChI is InChI=1S/C21H34O5/c1-8-18-21(7,25)17(23)11-14(3)15(4)12-20(5,6)16(22)10-9-13(2)19(24)26-18/h9-10,13-15,18,25H,8,11-12H2,1-7H3/b10-9+/t13?,14-,15-,18-,21+/m1/s1. The van der Waals surface area contributed by atoms with E-state index in [0.717, 1.165) is 0 Å². The van der Waals surface area contributed by atoms with Crippen LogP contribution in [0.1, 0.15) is 67.7 Å². The Bertz CT molecular complexity index is 573. The van der Waals surface area contributed by atoms with E-state index in [1.807, 2.05) is 27.7 Å². The third kappa shape index (κ3) is 5.26. The summed E-state index contributed by atoms with van der Waals surface area (Å²) in [6.45, 7) is 12.6. The van der Waals surface area contributed by atoms with Crippen LogP contribution in [0.2, 0.25) is 0 Å². The second-order valence-electron chi connectivity index (χ2n) is 8.66. The molecule has 0 aromatic heterocycles. The third-order valence-electron chi connectivity index (χ3n) is 5.71. The smallest absolute Gasteiger partial charge is 0.312 e. The van der Waals surface area contributed by atoms with Crippen LogP contribution < -0.4 is 0 Å². The second-order valence-corrected chi connectivity index (χ2v) is 8.66. The molecule has 1 N–H and O–H groups in total. The number of hydrogen-bond donors (Lipinski definition) is 1. The van der Waals surface area contributed by atoms with E-state index >= 15 is 0 Å². The summed E-state index contributed by atoms with van der Waals surface area (Å²) >= 11 is 0. The van der Waals surface area contributed by atoms with E-state index in [9.17, 15) is 19.5 Å². The quantitative estimate of drug-likeness (QED) is 0.719. The summed E-state index contributed by atoms with van der Waals surface area (Å²) in [4.78, 5) is 37.6. The fraction of sp³-hybridized carbons (Fsp3) is 0.762. The highest BCUT2D eigenvalue weighted by atomic mass is 16.6. The van der Waals surface area contributed by atoms with Crippen LogP contribution in [0, 0.1) is 23.2 Å². The minimum absolute atomic E-state index is 0.0000939. The lowest BCUT2D eigenvalue weighted by Crippen LogP contribution is -2.50. The summed E-state index contributed by atoms with van der Waals surface area (Å²) in [5, 5.41) is 10.8. The topological polar surface area (TPSA) is 80.7 Å². The van der Waals surface area contributed by atoms with Crippen LogP contribution in [0.5, 0.6) is 0 Å². The summed E-state index contributed by atoms with van der Waals surface area (Å²) in [5.74, 6) is -1.43. The molecule has 5 nitrogen and oxygen atoms in total. The van der Waals surface area contributed by atoms with Crippen LogP contribution in [0.4, 0.5) is 0 Å². The molecule has 0 aromatic rings. The van der Waals surface area contributed by atoms with Gasteiger partial charge >= 0.3 is 5.97 Å². The Balaban J connectivity index is 3.26. The highest BCUT2D eigenvalue weighted by Gasteiger charge is 2.42. The molecule has 0 saturated heterocycles. The molecule has 0 aliphatic carbocycles. The van der Waals surface area contributed by atoms with E-state index < -0.39 is 29.0 Å². The van der Waals surface area contributed by atoms with Gasteiger partial charge in [-0.3, -0.25) is 14.4 Å². The van der Waals surface area contributed by atoms with Crippen LogP contribution in [0.15, 0.2) is 12.2 Å². The monoisotopic (exact) mass is 366 g/mol. The van der Waals surface area contributed by atoms with E-state index in [-0.39, 0.29) is 29.8 Å². The molecule has 0 radical (unpaired) electrons. The molecule has 1 rings (SSSR count). The lowest BCUT2D eigenvalue weighted by atomic mass is 9.74. The third-order valence-corrected chi connectivity index (χ3v) is 5.71. The molecule has 0 aromatic carbocycles. The summed E-state index contributed by atoms with van der Waals surface area (Å²) in [7, 11) is 0. The van der Waals surface area contributed by atoms with Gasteiger partial charge in [-0.1, -0.05) is 40.7 Å². The van der Waals surface area contributed by atoms with Gasteiger partial charge in [-0.25, -0.2) is 0 Å². The molecule has 0 fully saturated rings. The van der Waals surface area contributed by atoms with Gasteiger partial charge in [0.1, 0.15) is 6.10 Å². The Morgan fingerprint density at radius 3 is 2.23 bits per heavy atom. The molecule has 26 heavy (non-hydrogen) atoms. The molecule has 5 atom stereocenters. The predicted octanol–water partition coefficient (Wildman–Crippen LogP) is 3.48. The highest BCUT2D eigenvalue weighted by molar-refractivity contribution is 5.95. The van der Waals surface area contributed by atoms with Crippen LogP contribution in [-0.4, -0.2) is 34.3 Å². The SMILES string of the molecule is CC[C@H]1OC(=O)C(C)/C=C/C(=O)C(C)(C)C[C@@H](C)[C@H](C)CC(=O)[C@]1(C)O. The number of cyclic esters (lactones) is 1. The van der Waals surface area contributed by atoms with Gasteiger partial charge in [0.05, 0.1) is 5.92 Å². The van der Waals surface area contributed by atoms with Crippen molar-refractivity contribution < 1.29 is 24.2 Å². The largest absolute Gasteiger partial charge is 0.458 e. The first-order valence-electron chi connectivity index (χ1n) is 9.51. The zero-order chi connectivity index (χ0) is 20.3. The van der Waals surface area contributed by atoms with Crippen LogP contribution in [0.25, 0.3) is 0 Å². The molecule has 0 saturated carbocycles. The molecule has 0 bridgehead atoms. The zero-order valence-electron chi connectivity index (χ0n) is 17.2. The molecule has 1 heterocycles. The molecule has 1 unspecified atom stereocenters. The number of carbonyl (C=O) groups excluding carboxylic acids is 3. The molecule has 1 aliphatic heterocycles. The van der Waals surface area contributed by atoms with Crippen molar-refractivity contribution in [2.75, 3.05) is 0 Å². The van der Waals surface area contributed by atoms with Crippen molar-refractivity contribution in [3.63, 3.8) is 0 Å². The predicted molar refractivity (Wildman–Crippen MR) is 100 cm³/mol. The minimum Gasteiger partial charge on any atom is -0.458 e. The first-order valence-corrected chi connectivity index (χ1v) is 9.51. The molecule has 148 valence electrons. The summed E-state index contributed by atoms with van der Waals surface area (Å²) in [5.41, 5.74) is -2.31. The molecule has 0 spiro atoms. The number of esters is 1. The fourth-order valence-corrected chi connectivity index (χ4v) is 3.37. The van der Waals surface area contributed by atoms with Gasteiger partial charge < -0.3 is 9.84 Å². The maximum Gasteiger partial charge on any atom is 0.312 e. The van der Waals surface area contributed by atoms with Gasteiger partial charge in [0.15, 0.2) is 17.2 Å². The Hall–Kier alpha value is -1.49. The van der Waals surface area contributed by atoms with Gasteiger partial charge in [0.2, 0.25) is 0 Å². The van der Waals surface area contributed by atoms with E-state index in [0.29, 0.717) is 12.8 Å². The molecular weight excluding hydrogens is 332 g/mol. The molecular formula is C21H34O5. The Kier molecular flexibility index (Phi) is 7.34. The lowest BCUT2D eigenvalue weighted by Gasteiger charge is -2.34. The maximum absolute atomic E-state index is 12.7. The summed E-state index contributed by atoms with van der Waals surface area (Å²) in [6, 6.07) is 0. The Morgan fingerprint density at radius 1 is 1.12 bits per heavy atom. The Morgan fingerprint density at radius 2 is 1.69 bits per heavy atom. The molecule has 0 amide bonds. The highest BCUT2D eigenvalue weighted by Crippen LogP contribution is 2.34. The van der Waals surface area contributed by atoms with E-state index in [1.54, 1.807) is 13.8 Å². The number of ketones is 2. The minimum atomic E-state index is -1.72. The number of allylic oxidation sites excluding steroid dienone is 1. The number of hydrogen-bond acceptors (Lipinski definition) is 5. The first kappa shape index (κ1) is 22.6. The molecule has 5 heteroatoms. The zero-order valence-corrected chi connectivity index (χ0v) is 17.2. The van der Waals surface area contributed by atoms with Gasteiger partial charge in [-0.15, -0.1) is 0 Å². The number of ether oxygens (including phenoxy) is 1. The number of rotatable bonds is 1. The summed E-state index contributed by atoms with van der Waals surface area (Å²) in [6.07, 6.45) is 3.22. The fourth-order valence-electron chi connectivity index (χ4n) is 3.37. The van der Waals surface area contributed by atoms with Crippen molar-refractivity contribution in [1.29, 1.82) is 0 Å². The normalized spacial score (nSPS) is 38.4. The van der Waals surface area contributed by atoms with Crippen molar-refractivity contribution in [2.45, 2.75) is 79.4 Å². The van der Waals surface area contributed by atoms with Crippen molar-refractivity contribution in [1.82, 2.24) is 0 Å². The van der Waals surface area contributed by atoms with Gasteiger partial charge in [0.25, 0.3) is 0 Å². The average Bonchev–Trinajstić information content (AvgIpc) is 2.54. The van der Waals surface area contributed by atoms with E-state index in [2.05, 4.69) is 0 Å². The second kappa shape index (κ2) is 8.47. The van der Waals surface area contributed by atoms with Crippen molar-refractivity contribution in [3.8, 4) is 0 Å². The lowest BCUT2D eigenvalue weighted by molar-refractivity contribution is -0.172. The van der Waals surface area contributed by atoms with E-state index in [1.165, 1.54) is 19.1 Å². The number of Topliss-reactive ketones (excluding diaryl/α,β-unsaturated/α-hetero) is 1.